The summed E-state index contributed by atoms with van der Waals surface area (Å²) in [7, 11) is 0. The largest absolute Gasteiger partial charge is 0.417 e. The van der Waals surface area contributed by atoms with E-state index in [1.807, 2.05) is 0 Å². The molecule has 7 heteroatoms. The second-order valence-electron chi connectivity index (χ2n) is 4.01. The van der Waals surface area contributed by atoms with Crippen LogP contribution in [-0.2, 0) is 11.9 Å². The lowest BCUT2D eigenvalue weighted by atomic mass is 10.2. The van der Waals surface area contributed by atoms with Gasteiger partial charge in [0.25, 0.3) is 0 Å². The van der Waals surface area contributed by atoms with Crippen LogP contribution in [0, 0.1) is 5.82 Å². The number of hydrogen-bond donors (Lipinski definition) is 1. The van der Waals surface area contributed by atoms with Crippen molar-refractivity contribution in [2.45, 2.75) is 17.0 Å². The van der Waals surface area contributed by atoms with Gasteiger partial charge in [0.1, 0.15) is 5.82 Å². The number of benzene rings is 1. The minimum atomic E-state index is -4.39. The van der Waals surface area contributed by atoms with Crippen LogP contribution in [0.4, 0.5) is 23.2 Å². The SMILES string of the molecule is Nc1cc(F)ccc1CSc1ccc(C(F)(F)F)cn1. The summed E-state index contributed by atoms with van der Waals surface area (Å²) < 4.78 is 49.9. The minimum absolute atomic E-state index is 0.310. The van der Waals surface area contributed by atoms with E-state index in [4.69, 9.17) is 5.73 Å². The van der Waals surface area contributed by atoms with Crippen LogP contribution in [-0.4, -0.2) is 4.98 Å². The normalized spacial score (nSPS) is 11.6. The first kappa shape index (κ1) is 14.6. The molecule has 2 N–H and O–H groups in total. The Morgan fingerprint density at radius 2 is 1.90 bits per heavy atom. The quantitative estimate of drug-likeness (QED) is 0.527. The molecule has 0 saturated heterocycles. The molecule has 0 bridgehead atoms. The highest BCUT2D eigenvalue weighted by molar-refractivity contribution is 7.98. The van der Waals surface area contributed by atoms with E-state index in [2.05, 4.69) is 4.98 Å². The summed E-state index contributed by atoms with van der Waals surface area (Å²) >= 11 is 1.23. The molecule has 0 atom stereocenters. The zero-order valence-corrected chi connectivity index (χ0v) is 10.9. The van der Waals surface area contributed by atoms with Gasteiger partial charge in [0.15, 0.2) is 0 Å². The zero-order chi connectivity index (χ0) is 14.8. The van der Waals surface area contributed by atoms with Gasteiger partial charge in [-0.3, -0.25) is 0 Å². The summed E-state index contributed by atoms with van der Waals surface area (Å²) in [6.45, 7) is 0. The van der Waals surface area contributed by atoms with Gasteiger partial charge in [-0.05, 0) is 29.8 Å². The number of nitrogen functional groups attached to an aromatic ring is 1. The number of hydrogen-bond acceptors (Lipinski definition) is 3. The van der Waals surface area contributed by atoms with E-state index in [0.717, 1.165) is 12.3 Å². The maximum atomic E-state index is 12.9. The number of thioether (sulfide) groups is 1. The molecule has 0 amide bonds. The number of pyridine rings is 1. The lowest BCUT2D eigenvalue weighted by Crippen LogP contribution is -2.05. The first-order valence-corrected chi connectivity index (χ1v) is 6.55. The fraction of sp³-hybridized carbons (Fsp3) is 0.154. The van der Waals surface area contributed by atoms with Gasteiger partial charge in [-0.15, -0.1) is 11.8 Å². The molecule has 0 radical (unpaired) electrons. The van der Waals surface area contributed by atoms with Crippen LogP contribution in [0.3, 0.4) is 0 Å². The highest BCUT2D eigenvalue weighted by Gasteiger charge is 2.30. The number of nitrogens with zero attached hydrogens (tertiary/aromatic N) is 1. The van der Waals surface area contributed by atoms with Gasteiger partial charge in [-0.1, -0.05) is 6.07 Å². The van der Waals surface area contributed by atoms with Crippen LogP contribution in [0.15, 0.2) is 41.6 Å². The van der Waals surface area contributed by atoms with E-state index in [0.29, 0.717) is 22.0 Å². The smallest absolute Gasteiger partial charge is 0.398 e. The summed E-state index contributed by atoms with van der Waals surface area (Å²) in [5, 5.41) is 0.446. The predicted molar refractivity (Wildman–Crippen MR) is 69.6 cm³/mol. The Hall–Kier alpha value is -1.76. The standard InChI is InChI=1S/C13H10F4N2S/c14-10-3-1-8(11(18)5-10)7-20-12-4-2-9(6-19-12)13(15,16)17/h1-6H,7,18H2. The third kappa shape index (κ3) is 3.63. The number of halogens is 4. The van der Waals surface area contributed by atoms with Gasteiger partial charge in [-0.2, -0.15) is 13.2 Å². The van der Waals surface area contributed by atoms with Crippen molar-refractivity contribution in [1.82, 2.24) is 4.98 Å². The van der Waals surface area contributed by atoms with Crippen molar-refractivity contribution >= 4 is 17.4 Å². The van der Waals surface area contributed by atoms with E-state index in [1.165, 1.54) is 30.0 Å². The molecule has 2 aromatic rings. The number of rotatable bonds is 3. The van der Waals surface area contributed by atoms with Crippen molar-refractivity contribution < 1.29 is 17.6 Å². The third-order valence-corrected chi connectivity index (χ3v) is 3.54. The molecular formula is C13H10F4N2S. The van der Waals surface area contributed by atoms with Crippen LogP contribution in [0.25, 0.3) is 0 Å². The molecule has 0 fully saturated rings. The highest BCUT2D eigenvalue weighted by atomic mass is 32.2. The van der Waals surface area contributed by atoms with Crippen molar-refractivity contribution in [2.75, 3.05) is 5.73 Å². The Morgan fingerprint density at radius 3 is 2.45 bits per heavy atom. The molecule has 0 saturated carbocycles. The van der Waals surface area contributed by atoms with Crippen molar-refractivity contribution in [2.24, 2.45) is 0 Å². The molecule has 0 aliphatic rings. The van der Waals surface area contributed by atoms with Crippen LogP contribution in [0.1, 0.15) is 11.1 Å². The van der Waals surface area contributed by atoms with Crippen LogP contribution < -0.4 is 5.73 Å². The topological polar surface area (TPSA) is 38.9 Å². The molecule has 106 valence electrons. The summed E-state index contributed by atoms with van der Waals surface area (Å²) in [6, 6.07) is 6.31. The van der Waals surface area contributed by atoms with Crippen molar-refractivity contribution in [3.05, 3.63) is 53.5 Å². The average Bonchev–Trinajstić information content (AvgIpc) is 2.37. The van der Waals surface area contributed by atoms with E-state index < -0.39 is 17.6 Å². The number of nitrogens with two attached hydrogens (primary N) is 1. The van der Waals surface area contributed by atoms with Gasteiger partial charge in [0, 0.05) is 17.6 Å². The molecule has 2 rings (SSSR count). The summed E-state index contributed by atoms with van der Waals surface area (Å²) in [4.78, 5) is 3.74. The Labute approximate surface area is 117 Å². The Morgan fingerprint density at radius 1 is 1.15 bits per heavy atom. The van der Waals surface area contributed by atoms with Crippen molar-refractivity contribution in [1.29, 1.82) is 0 Å². The molecular weight excluding hydrogens is 292 g/mol. The van der Waals surface area contributed by atoms with Crippen LogP contribution >= 0.6 is 11.8 Å². The summed E-state index contributed by atoms with van der Waals surface area (Å²) in [5.74, 6) is -0.0197. The summed E-state index contributed by atoms with van der Waals surface area (Å²) in [6.07, 6.45) is -3.60. The van der Waals surface area contributed by atoms with Crippen LogP contribution in [0.5, 0.6) is 0 Å². The minimum Gasteiger partial charge on any atom is -0.398 e. The second-order valence-corrected chi connectivity index (χ2v) is 5.01. The van der Waals surface area contributed by atoms with Gasteiger partial charge in [0.2, 0.25) is 0 Å². The van der Waals surface area contributed by atoms with Crippen molar-refractivity contribution in [3.63, 3.8) is 0 Å². The monoisotopic (exact) mass is 302 g/mol. The molecule has 0 spiro atoms. The van der Waals surface area contributed by atoms with E-state index in [-0.39, 0.29) is 0 Å². The van der Waals surface area contributed by atoms with E-state index in [9.17, 15) is 17.6 Å². The predicted octanol–water partition coefficient (Wildman–Crippen LogP) is 4.11. The fourth-order valence-corrected chi connectivity index (χ4v) is 2.34. The average molecular weight is 302 g/mol. The van der Waals surface area contributed by atoms with Gasteiger partial charge in [-0.25, -0.2) is 9.37 Å². The fourth-order valence-electron chi connectivity index (χ4n) is 1.48. The molecule has 0 aliphatic carbocycles. The Balaban J connectivity index is 2.04. The lowest BCUT2D eigenvalue weighted by molar-refractivity contribution is -0.137. The number of anilines is 1. The van der Waals surface area contributed by atoms with Crippen molar-refractivity contribution in [3.8, 4) is 0 Å². The maximum Gasteiger partial charge on any atom is 0.417 e. The maximum absolute atomic E-state index is 12.9. The highest BCUT2D eigenvalue weighted by Crippen LogP contribution is 2.30. The summed E-state index contributed by atoms with van der Waals surface area (Å²) in [5.41, 5.74) is 5.87. The lowest BCUT2D eigenvalue weighted by Gasteiger charge is -2.07. The Kier molecular flexibility index (Phi) is 4.17. The molecule has 0 aliphatic heterocycles. The van der Waals surface area contributed by atoms with Crippen LogP contribution in [0.2, 0.25) is 0 Å². The Bertz CT molecular complexity index is 596. The molecule has 1 aromatic carbocycles. The molecule has 2 nitrogen and oxygen atoms in total. The molecule has 1 aromatic heterocycles. The zero-order valence-electron chi connectivity index (χ0n) is 10.1. The van der Waals surface area contributed by atoms with Gasteiger partial charge < -0.3 is 5.73 Å². The number of aromatic nitrogens is 1. The van der Waals surface area contributed by atoms with Gasteiger partial charge in [0.05, 0.1) is 10.6 Å². The molecule has 0 unspecified atom stereocenters. The number of alkyl halides is 3. The van der Waals surface area contributed by atoms with E-state index >= 15 is 0 Å². The molecule has 1 heterocycles. The van der Waals surface area contributed by atoms with E-state index in [1.54, 1.807) is 6.07 Å². The third-order valence-electron chi connectivity index (χ3n) is 2.55. The molecule has 20 heavy (non-hydrogen) atoms. The van der Waals surface area contributed by atoms with Gasteiger partial charge >= 0.3 is 6.18 Å². The second kappa shape index (κ2) is 5.70. The first-order valence-electron chi connectivity index (χ1n) is 5.56. The first-order chi connectivity index (χ1) is 9.36.